The van der Waals surface area contributed by atoms with E-state index in [-0.39, 0.29) is 5.91 Å². The first kappa shape index (κ1) is 12.5. The topological polar surface area (TPSA) is 67.1 Å². The third kappa shape index (κ3) is 2.45. The van der Waals surface area contributed by atoms with Gasteiger partial charge in [0.2, 0.25) is 5.91 Å². The van der Waals surface area contributed by atoms with E-state index in [1.165, 1.54) is 5.56 Å². The van der Waals surface area contributed by atoms with Crippen LogP contribution in [0, 0.1) is 6.92 Å². The van der Waals surface area contributed by atoms with Crippen LogP contribution in [0.3, 0.4) is 0 Å². The van der Waals surface area contributed by atoms with E-state index in [4.69, 9.17) is 5.73 Å². The van der Waals surface area contributed by atoms with Crippen LogP contribution in [0.25, 0.3) is 0 Å². The highest BCUT2D eigenvalue weighted by Gasteiger charge is 2.16. The zero-order valence-corrected chi connectivity index (χ0v) is 11.4. The molecule has 0 saturated heterocycles. The van der Waals surface area contributed by atoms with Crippen molar-refractivity contribution < 1.29 is 4.79 Å². The van der Waals surface area contributed by atoms with E-state index in [9.17, 15) is 4.79 Å². The van der Waals surface area contributed by atoms with E-state index in [1.54, 1.807) is 0 Å². The van der Waals surface area contributed by atoms with Crippen LogP contribution >= 0.6 is 0 Å². The number of benzene rings is 2. The number of rotatable bonds is 2. The quantitative estimate of drug-likeness (QED) is 0.732. The van der Waals surface area contributed by atoms with Crippen molar-refractivity contribution in [1.82, 2.24) is 0 Å². The van der Waals surface area contributed by atoms with Gasteiger partial charge in [-0.15, -0.1) is 0 Å². The first-order chi connectivity index (χ1) is 9.61. The summed E-state index contributed by atoms with van der Waals surface area (Å²) in [4.78, 5) is 11.5. The molecule has 4 N–H and O–H groups in total. The van der Waals surface area contributed by atoms with E-state index >= 15 is 0 Å². The molecule has 20 heavy (non-hydrogen) atoms. The lowest BCUT2D eigenvalue weighted by Crippen LogP contribution is -2.19. The highest BCUT2D eigenvalue weighted by molar-refractivity contribution is 5.96. The molecule has 0 radical (unpaired) electrons. The molecular weight excluding hydrogens is 250 g/mol. The van der Waals surface area contributed by atoms with E-state index in [0.29, 0.717) is 12.1 Å². The fourth-order valence-corrected chi connectivity index (χ4v) is 2.35. The average Bonchev–Trinajstić information content (AvgIpc) is 2.42. The number of anilines is 4. The number of aryl methyl sites for hydroxylation is 2. The van der Waals surface area contributed by atoms with Gasteiger partial charge in [-0.2, -0.15) is 0 Å². The number of carbonyl (C=O) groups excluding carboxylic acids is 1. The zero-order chi connectivity index (χ0) is 14.1. The Morgan fingerprint density at radius 3 is 2.65 bits per heavy atom. The Morgan fingerprint density at radius 2 is 1.90 bits per heavy atom. The first-order valence-corrected chi connectivity index (χ1v) is 6.68. The minimum atomic E-state index is 0.0588. The Bertz CT molecular complexity index is 662. The summed E-state index contributed by atoms with van der Waals surface area (Å²) in [5, 5.41) is 6.18. The van der Waals surface area contributed by atoms with E-state index in [2.05, 4.69) is 10.6 Å². The maximum atomic E-state index is 11.5. The maximum Gasteiger partial charge on any atom is 0.224 e. The molecule has 102 valence electrons. The molecule has 0 atom stereocenters. The summed E-state index contributed by atoms with van der Waals surface area (Å²) in [5.41, 5.74) is 11.7. The molecule has 2 aromatic carbocycles. The van der Waals surface area contributed by atoms with Gasteiger partial charge in [0.1, 0.15) is 0 Å². The van der Waals surface area contributed by atoms with Crippen LogP contribution in [0.15, 0.2) is 36.4 Å². The number of fused-ring (bicyclic) bond motifs is 1. The molecule has 0 aliphatic carbocycles. The maximum absolute atomic E-state index is 11.5. The molecule has 1 aliphatic heterocycles. The lowest BCUT2D eigenvalue weighted by atomic mass is 10.0. The van der Waals surface area contributed by atoms with Gasteiger partial charge in [-0.1, -0.05) is 17.7 Å². The van der Waals surface area contributed by atoms with Gasteiger partial charge in [0.15, 0.2) is 0 Å². The van der Waals surface area contributed by atoms with Crippen LogP contribution in [0.4, 0.5) is 22.7 Å². The Hall–Kier alpha value is -2.49. The van der Waals surface area contributed by atoms with Crippen molar-refractivity contribution in [2.24, 2.45) is 0 Å². The van der Waals surface area contributed by atoms with Crippen molar-refractivity contribution in [3.05, 3.63) is 47.5 Å². The summed E-state index contributed by atoms with van der Waals surface area (Å²) in [6.45, 7) is 2.05. The van der Waals surface area contributed by atoms with Crippen LogP contribution in [0.2, 0.25) is 0 Å². The monoisotopic (exact) mass is 267 g/mol. The van der Waals surface area contributed by atoms with Gasteiger partial charge in [-0.3, -0.25) is 4.79 Å². The highest BCUT2D eigenvalue weighted by Crippen LogP contribution is 2.32. The summed E-state index contributed by atoms with van der Waals surface area (Å²) < 4.78 is 0. The molecule has 4 nitrogen and oxygen atoms in total. The van der Waals surface area contributed by atoms with Gasteiger partial charge in [0.05, 0.1) is 11.4 Å². The molecule has 0 saturated carbocycles. The molecule has 0 fully saturated rings. The number of nitrogens with two attached hydrogens (primary N) is 1. The number of hydrogen-bond donors (Lipinski definition) is 3. The Balaban J connectivity index is 1.91. The number of amides is 1. The number of nitrogen functional groups attached to an aromatic ring is 1. The standard InChI is InChI=1S/C16H17N3O/c1-10-2-5-12(6-3-10)18-15-9-14-11(8-13(15)17)4-7-16(20)19-14/h2-3,5-6,8-9,18H,4,7,17H2,1H3,(H,19,20). The summed E-state index contributed by atoms with van der Waals surface area (Å²) >= 11 is 0. The molecule has 4 heteroatoms. The van der Waals surface area contributed by atoms with Crippen LogP contribution in [0.1, 0.15) is 17.5 Å². The van der Waals surface area contributed by atoms with Gasteiger partial charge in [-0.25, -0.2) is 0 Å². The minimum Gasteiger partial charge on any atom is -0.397 e. The molecule has 1 amide bonds. The smallest absolute Gasteiger partial charge is 0.224 e. The zero-order valence-electron chi connectivity index (χ0n) is 11.4. The third-order valence-electron chi connectivity index (χ3n) is 3.50. The van der Waals surface area contributed by atoms with E-state index < -0.39 is 0 Å². The summed E-state index contributed by atoms with van der Waals surface area (Å²) in [6.07, 6.45) is 1.27. The van der Waals surface area contributed by atoms with Crippen molar-refractivity contribution >= 4 is 28.7 Å². The number of hydrogen-bond acceptors (Lipinski definition) is 3. The number of carbonyl (C=O) groups is 1. The molecule has 3 rings (SSSR count). The largest absolute Gasteiger partial charge is 0.397 e. The highest BCUT2D eigenvalue weighted by atomic mass is 16.1. The van der Waals surface area contributed by atoms with Gasteiger partial charge >= 0.3 is 0 Å². The van der Waals surface area contributed by atoms with Crippen molar-refractivity contribution in [3.8, 4) is 0 Å². The second kappa shape index (κ2) is 4.89. The fraction of sp³-hybridized carbons (Fsp3) is 0.188. The number of nitrogens with one attached hydrogen (secondary N) is 2. The third-order valence-corrected chi connectivity index (χ3v) is 3.50. The van der Waals surface area contributed by atoms with Gasteiger partial charge in [-0.05, 0) is 43.2 Å². The molecule has 0 unspecified atom stereocenters. The van der Waals surface area contributed by atoms with Gasteiger partial charge in [0, 0.05) is 17.8 Å². The van der Waals surface area contributed by atoms with Crippen molar-refractivity contribution in [3.63, 3.8) is 0 Å². The molecule has 0 bridgehead atoms. The van der Waals surface area contributed by atoms with Gasteiger partial charge < -0.3 is 16.4 Å². The normalized spacial score (nSPS) is 13.6. The molecule has 1 aliphatic rings. The molecule has 2 aromatic rings. The van der Waals surface area contributed by atoms with Crippen molar-refractivity contribution in [1.29, 1.82) is 0 Å². The molecule has 0 aromatic heterocycles. The molecule has 0 spiro atoms. The minimum absolute atomic E-state index is 0.0588. The predicted molar refractivity (Wildman–Crippen MR) is 82.3 cm³/mol. The lowest BCUT2D eigenvalue weighted by molar-refractivity contribution is -0.116. The second-order valence-electron chi connectivity index (χ2n) is 5.14. The molecule has 1 heterocycles. The lowest BCUT2D eigenvalue weighted by Gasteiger charge is -2.20. The van der Waals surface area contributed by atoms with Crippen molar-refractivity contribution in [2.45, 2.75) is 19.8 Å². The van der Waals surface area contributed by atoms with E-state index in [0.717, 1.165) is 29.0 Å². The Kier molecular flexibility index (Phi) is 3.06. The van der Waals surface area contributed by atoms with Crippen molar-refractivity contribution in [2.75, 3.05) is 16.4 Å². The molecular formula is C16H17N3O. The Morgan fingerprint density at radius 1 is 1.15 bits per heavy atom. The van der Waals surface area contributed by atoms with Crippen LogP contribution in [-0.4, -0.2) is 5.91 Å². The summed E-state index contributed by atoms with van der Waals surface area (Å²) in [5.74, 6) is 0.0588. The summed E-state index contributed by atoms with van der Waals surface area (Å²) in [6, 6.07) is 11.9. The van der Waals surface area contributed by atoms with Crippen LogP contribution in [0.5, 0.6) is 0 Å². The van der Waals surface area contributed by atoms with E-state index in [1.807, 2.05) is 43.3 Å². The second-order valence-corrected chi connectivity index (χ2v) is 5.14. The summed E-state index contributed by atoms with van der Waals surface area (Å²) in [7, 11) is 0. The fourth-order valence-electron chi connectivity index (χ4n) is 2.35. The Labute approximate surface area is 118 Å². The van der Waals surface area contributed by atoms with Gasteiger partial charge in [0.25, 0.3) is 0 Å². The SMILES string of the molecule is Cc1ccc(Nc2cc3c(cc2N)CCC(=O)N3)cc1. The first-order valence-electron chi connectivity index (χ1n) is 6.68. The van der Waals surface area contributed by atoms with Crippen LogP contribution in [-0.2, 0) is 11.2 Å². The van der Waals surface area contributed by atoms with Crippen LogP contribution < -0.4 is 16.4 Å². The predicted octanol–water partition coefficient (Wildman–Crippen LogP) is 3.21. The average molecular weight is 267 g/mol.